The van der Waals surface area contributed by atoms with Crippen molar-refractivity contribution in [3.05, 3.63) is 71.4 Å². The van der Waals surface area contributed by atoms with Gasteiger partial charge in [0.15, 0.2) is 0 Å². The van der Waals surface area contributed by atoms with Crippen molar-refractivity contribution in [2.75, 3.05) is 18.9 Å². The van der Waals surface area contributed by atoms with Crippen LogP contribution in [0.15, 0.2) is 60.8 Å². The molecule has 0 atom stereocenters. The van der Waals surface area contributed by atoms with Gasteiger partial charge in [-0.3, -0.25) is 9.78 Å². The monoisotopic (exact) mass is 353 g/mol. The van der Waals surface area contributed by atoms with Gasteiger partial charge in [-0.2, -0.15) is 0 Å². The molecule has 0 spiro atoms. The van der Waals surface area contributed by atoms with Crippen molar-refractivity contribution in [2.24, 2.45) is 0 Å². The lowest BCUT2D eigenvalue weighted by Gasteiger charge is -2.17. The van der Waals surface area contributed by atoms with E-state index in [1.165, 1.54) is 5.56 Å². The molecule has 1 heterocycles. The predicted octanol–water partition coefficient (Wildman–Crippen LogP) is 4.35. The van der Waals surface area contributed by atoms with Crippen LogP contribution in [0.2, 0.25) is 5.02 Å². The van der Waals surface area contributed by atoms with E-state index in [0.29, 0.717) is 18.0 Å². The number of fused-ring (bicyclic) bond motifs is 1. The van der Waals surface area contributed by atoms with Gasteiger partial charge in [0.2, 0.25) is 5.91 Å². The molecule has 0 radical (unpaired) electrons. The summed E-state index contributed by atoms with van der Waals surface area (Å²) in [6.45, 7) is 1.44. The van der Waals surface area contributed by atoms with Gasteiger partial charge in [-0.05, 0) is 42.9 Å². The first-order valence-electron chi connectivity index (χ1n) is 8.18. The van der Waals surface area contributed by atoms with Crippen LogP contribution in [0.5, 0.6) is 0 Å². The number of nitrogens with one attached hydrogen (secondary N) is 1. The first kappa shape index (κ1) is 17.4. The van der Waals surface area contributed by atoms with Crippen molar-refractivity contribution in [1.82, 2.24) is 9.88 Å². The van der Waals surface area contributed by atoms with E-state index in [-0.39, 0.29) is 5.91 Å². The Labute approximate surface area is 152 Å². The van der Waals surface area contributed by atoms with Crippen LogP contribution in [0.3, 0.4) is 0 Å². The van der Waals surface area contributed by atoms with E-state index in [1.54, 1.807) is 12.1 Å². The molecule has 128 valence electrons. The summed E-state index contributed by atoms with van der Waals surface area (Å²) >= 11 is 5.93. The highest BCUT2D eigenvalue weighted by Crippen LogP contribution is 2.18. The van der Waals surface area contributed by atoms with Gasteiger partial charge in [-0.15, -0.1) is 0 Å². The lowest BCUT2D eigenvalue weighted by Crippen LogP contribution is -2.24. The van der Waals surface area contributed by atoms with Gasteiger partial charge in [0.1, 0.15) is 0 Å². The molecule has 0 fully saturated rings. The van der Waals surface area contributed by atoms with E-state index in [0.717, 1.165) is 23.1 Å². The Morgan fingerprint density at radius 1 is 1.16 bits per heavy atom. The minimum absolute atomic E-state index is 0.0197. The quantitative estimate of drug-likeness (QED) is 0.716. The summed E-state index contributed by atoms with van der Waals surface area (Å²) in [5, 5.41) is 4.64. The summed E-state index contributed by atoms with van der Waals surface area (Å²) < 4.78 is 0. The van der Waals surface area contributed by atoms with Crippen molar-refractivity contribution in [2.45, 2.75) is 13.0 Å². The van der Waals surface area contributed by atoms with Gasteiger partial charge in [-0.1, -0.05) is 35.9 Å². The number of hydrogen-bond acceptors (Lipinski definition) is 3. The van der Waals surface area contributed by atoms with E-state index < -0.39 is 0 Å². The zero-order valence-corrected chi connectivity index (χ0v) is 14.8. The maximum Gasteiger partial charge on any atom is 0.225 e. The Bertz CT molecular complexity index is 876. The topological polar surface area (TPSA) is 45.2 Å². The minimum Gasteiger partial charge on any atom is -0.326 e. The normalized spacial score (nSPS) is 11.0. The molecule has 0 saturated heterocycles. The number of rotatable bonds is 6. The highest BCUT2D eigenvalue weighted by Gasteiger charge is 2.08. The third-order valence-electron chi connectivity index (χ3n) is 4.01. The number of para-hydroxylation sites is 1. The summed E-state index contributed by atoms with van der Waals surface area (Å²) in [6, 6.07) is 17.3. The molecule has 0 unspecified atom stereocenters. The van der Waals surface area contributed by atoms with Gasteiger partial charge >= 0.3 is 0 Å². The molecule has 0 bridgehead atoms. The molecule has 1 amide bonds. The molecule has 2 aromatic carbocycles. The maximum atomic E-state index is 12.1. The molecule has 3 aromatic rings. The fraction of sp³-hybridized carbons (Fsp3) is 0.200. The molecule has 25 heavy (non-hydrogen) atoms. The molecular weight excluding hydrogens is 334 g/mol. The first-order chi connectivity index (χ1) is 12.1. The summed E-state index contributed by atoms with van der Waals surface area (Å²) in [6.07, 6.45) is 2.25. The average Bonchev–Trinajstić information content (AvgIpc) is 2.60. The third kappa shape index (κ3) is 4.78. The molecule has 1 aromatic heterocycles. The van der Waals surface area contributed by atoms with Crippen molar-refractivity contribution < 1.29 is 4.79 Å². The highest BCUT2D eigenvalue weighted by atomic mass is 35.5. The SMILES string of the molecule is CN(CCC(=O)Nc1cccc(Cl)c1)Cc1ccnc2ccccc12. The van der Waals surface area contributed by atoms with Crippen LogP contribution < -0.4 is 5.32 Å². The van der Waals surface area contributed by atoms with Crippen LogP contribution in [0.4, 0.5) is 5.69 Å². The summed E-state index contributed by atoms with van der Waals surface area (Å²) in [7, 11) is 2.02. The van der Waals surface area contributed by atoms with Gasteiger partial charge in [-0.25, -0.2) is 0 Å². The van der Waals surface area contributed by atoms with E-state index in [9.17, 15) is 4.79 Å². The number of benzene rings is 2. The molecule has 0 saturated carbocycles. The second-order valence-electron chi connectivity index (χ2n) is 6.03. The van der Waals surface area contributed by atoms with Crippen LogP contribution in [-0.2, 0) is 11.3 Å². The fourth-order valence-corrected chi connectivity index (χ4v) is 2.94. The average molecular weight is 354 g/mol. The molecule has 3 rings (SSSR count). The number of amides is 1. The summed E-state index contributed by atoms with van der Waals surface area (Å²) in [4.78, 5) is 18.6. The maximum absolute atomic E-state index is 12.1. The second kappa shape index (κ2) is 8.10. The fourth-order valence-electron chi connectivity index (χ4n) is 2.74. The lowest BCUT2D eigenvalue weighted by atomic mass is 10.1. The Balaban J connectivity index is 1.55. The second-order valence-corrected chi connectivity index (χ2v) is 6.47. The smallest absolute Gasteiger partial charge is 0.225 e. The van der Waals surface area contributed by atoms with Crippen LogP contribution in [0.1, 0.15) is 12.0 Å². The molecule has 0 aliphatic heterocycles. The zero-order chi connectivity index (χ0) is 17.6. The summed E-state index contributed by atoms with van der Waals surface area (Å²) in [5.41, 5.74) is 2.93. The third-order valence-corrected chi connectivity index (χ3v) is 4.24. The number of carbonyl (C=O) groups excluding carboxylic acids is 1. The van der Waals surface area contributed by atoms with E-state index in [2.05, 4.69) is 21.3 Å². The van der Waals surface area contributed by atoms with E-state index >= 15 is 0 Å². The number of anilines is 1. The number of nitrogens with zero attached hydrogens (tertiary/aromatic N) is 2. The number of pyridine rings is 1. The highest BCUT2D eigenvalue weighted by molar-refractivity contribution is 6.30. The number of aromatic nitrogens is 1. The molecule has 1 N–H and O–H groups in total. The number of hydrogen-bond donors (Lipinski definition) is 1. The Hall–Kier alpha value is -2.43. The van der Waals surface area contributed by atoms with Crippen molar-refractivity contribution in [3.63, 3.8) is 0 Å². The first-order valence-corrected chi connectivity index (χ1v) is 8.56. The lowest BCUT2D eigenvalue weighted by molar-refractivity contribution is -0.116. The zero-order valence-electron chi connectivity index (χ0n) is 14.1. The Morgan fingerprint density at radius 2 is 2.00 bits per heavy atom. The largest absolute Gasteiger partial charge is 0.326 e. The van der Waals surface area contributed by atoms with E-state index in [1.807, 2.05) is 49.6 Å². The van der Waals surface area contributed by atoms with Crippen molar-refractivity contribution >= 4 is 34.1 Å². The van der Waals surface area contributed by atoms with Crippen LogP contribution in [0, 0.1) is 0 Å². The van der Waals surface area contributed by atoms with Gasteiger partial charge < -0.3 is 10.2 Å². The Kier molecular flexibility index (Phi) is 5.64. The van der Waals surface area contributed by atoms with Crippen LogP contribution >= 0.6 is 11.6 Å². The standard InChI is InChI=1S/C20H20ClN3O/c1-24(12-10-20(25)23-17-6-4-5-16(21)13-17)14-15-9-11-22-19-8-3-2-7-18(15)19/h2-9,11,13H,10,12,14H2,1H3,(H,23,25). The Morgan fingerprint density at radius 3 is 2.84 bits per heavy atom. The minimum atomic E-state index is -0.0197. The van der Waals surface area contributed by atoms with Gasteiger partial charge in [0.25, 0.3) is 0 Å². The van der Waals surface area contributed by atoms with Crippen molar-refractivity contribution in [1.29, 1.82) is 0 Å². The molecule has 4 nitrogen and oxygen atoms in total. The number of halogens is 1. The van der Waals surface area contributed by atoms with Gasteiger partial charge in [0.05, 0.1) is 5.52 Å². The number of carbonyl (C=O) groups is 1. The van der Waals surface area contributed by atoms with Crippen molar-refractivity contribution in [3.8, 4) is 0 Å². The molecule has 5 heteroatoms. The molecular formula is C20H20ClN3O. The van der Waals surface area contributed by atoms with Gasteiger partial charge in [0, 0.05) is 41.8 Å². The van der Waals surface area contributed by atoms with Crippen LogP contribution in [-0.4, -0.2) is 29.4 Å². The van der Waals surface area contributed by atoms with Crippen LogP contribution in [0.25, 0.3) is 10.9 Å². The summed E-state index contributed by atoms with van der Waals surface area (Å²) in [5.74, 6) is -0.0197. The molecule has 0 aliphatic rings. The van der Waals surface area contributed by atoms with E-state index in [4.69, 9.17) is 11.6 Å². The predicted molar refractivity (Wildman–Crippen MR) is 103 cm³/mol. The molecule has 0 aliphatic carbocycles.